The van der Waals surface area contributed by atoms with Crippen LogP contribution in [-0.4, -0.2) is 17.1 Å². The van der Waals surface area contributed by atoms with Crippen LogP contribution in [0.25, 0.3) is 0 Å². The van der Waals surface area contributed by atoms with Gasteiger partial charge in [0.25, 0.3) is 5.56 Å². The highest BCUT2D eigenvalue weighted by molar-refractivity contribution is 5.06. The van der Waals surface area contributed by atoms with Crippen LogP contribution >= 0.6 is 0 Å². The van der Waals surface area contributed by atoms with Crippen molar-refractivity contribution in [3.63, 3.8) is 0 Å². The number of ether oxygens (including phenoxy) is 1. The van der Waals surface area contributed by atoms with Crippen LogP contribution in [0.5, 0.6) is 0 Å². The molecule has 0 aliphatic heterocycles. The van der Waals surface area contributed by atoms with Gasteiger partial charge in [0.1, 0.15) is 11.9 Å². The maximum Gasteiger partial charge on any atom is 0.255 e. The molecule has 0 radical (unpaired) electrons. The minimum Gasteiger partial charge on any atom is -0.374 e. The summed E-state index contributed by atoms with van der Waals surface area (Å²) in [5.74, 6) is 0.571. The molecule has 0 aliphatic rings. The Morgan fingerprint density at radius 1 is 1.67 bits per heavy atom. The second kappa shape index (κ2) is 5.63. The first kappa shape index (κ1) is 11.9. The van der Waals surface area contributed by atoms with Gasteiger partial charge in [-0.15, -0.1) is 0 Å². The quantitative estimate of drug-likeness (QED) is 0.751. The maximum absolute atomic E-state index is 11.5. The molecule has 0 fully saturated rings. The number of aromatic amines is 1. The van der Waals surface area contributed by atoms with Crippen molar-refractivity contribution in [2.24, 2.45) is 5.73 Å². The molecule has 84 valence electrons. The van der Waals surface area contributed by atoms with E-state index in [-0.39, 0.29) is 18.2 Å². The fourth-order valence-corrected chi connectivity index (χ4v) is 1.37. The number of nitrogens with two attached hydrogens (primary N) is 1. The molecule has 3 N–H and O–H groups in total. The van der Waals surface area contributed by atoms with E-state index in [1.165, 1.54) is 6.20 Å². The lowest BCUT2D eigenvalue weighted by molar-refractivity contribution is 0.0873. The van der Waals surface area contributed by atoms with E-state index in [1.54, 1.807) is 7.11 Å². The topological polar surface area (TPSA) is 81.0 Å². The fraction of sp³-hybridized carbons (Fsp3) is 0.600. The number of hydrogen-bond donors (Lipinski definition) is 2. The van der Waals surface area contributed by atoms with Crippen molar-refractivity contribution in [1.82, 2.24) is 9.97 Å². The SMILES string of the molecule is CCCC(OC)c1ncc(CN)c(=O)[nH]1. The molecule has 1 aromatic heterocycles. The Morgan fingerprint density at radius 3 is 2.87 bits per heavy atom. The van der Waals surface area contributed by atoms with E-state index in [1.807, 2.05) is 0 Å². The van der Waals surface area contributed by atoms with Crippen LogP contribution in [0.2, 0.25) is 0 Å². The standard InChI is InChI=1S/C10H17N3O2/c1-3-4-8(15-2)9-12-6-7(5-11)10(14)13-9/h6,8H,3-5,11H2,1-2H3,(H,12,13,14). The molecule has 0 amide bonds. The van der Waals surface area contributed by atoms with Gasteiger partial charge >= 0.3 is 0 Å². The average Bonchev–Trinajstić information content (AvgIpc) is 2.25. The van der Waals surface area contributed by atoms with Crippen LogP contribution in [0.3, 0.4) is 0 Å². The summed E-state index contributed by atoms with van der Waals surface area (Å²) in [4.78, 5) is 18.3. The summed E-state index contributed by atoms with van der Waals surface area (Å²) in [6.07, 6.45) is 3.17. The van der Waals surface area contributed by atoms with Crippen LogP contribution in [0, 0.1) is 0 Å². The highest BCUT2D eigenvalue weighted by Crippen LogP contribution is 2.16. The van der Waals surface area contributed by atoms with Crippen LogP contribution in [0.4, 0.5) is 0 Å². The number of aromatic nitrogens is 2. The zero-order chi connectivity index (χ0) is 11.3. The average molecular weight is 211 g/mol. The van der Waals surface area contributed by atoms with Crippen LogP contribution < -0.4 is 11.3 Å². The lowest BCUT2D eigenvalue weighted by Gasteiger charge is -2.13. The zero-order valence-corrected chi connectivity index (χ0v) is 9.12. The highest BCUT2D eigenvalue weighted by Gasteiger charge is 2.12. The van der Waals surface area contributed by atoms with Gasteiger partial charge in [0.2, 0.25) is 0 Å². The molecule has 0 spiro atoms. The van der Waals surface area contributed by atoms with Crippen LogP contribution in [0.1, 0.15) is 37.3 Å². The molecule has 0 saturated heterocycles. The number of nitrogens with zero attached hydrogens (tertiary/aromatic N) is 1. The van der Waals surface area contributed by atoms with Crippen LogP contribution in [0.15, 0.2) is 11.0 Å². The van der Waals surface area contributed by atoms with Gasteiger partial charge in [-0.3, -0.25) is 4.79 Å². The third-order valence-electron chi connectivity index (χ3n) is 2.25. The van der Waals surface area contributed by atoms with E-state index in [0.717, 1.165) is 12.8 Å². The van der Waals surface area contributed by atoms with Crippen molar-refractivity contribution in [2.45, 2.75) is 32.4 Å². The fourth-order valence-electron chi connectivity index (χ4n) is 1.37. The Morgan fingerprint density at radius 2 is 2.40 bits per heavy atom. The van der Waals surface area contributed by atoms with Crippen molar-refractivity contribution >= 4 is 0 Å². The van der Waals surface area contributed by atoms with Crippen molar-refractivity contribution in [2.75, 3.05) is 7.11 Å². The normalized spacial score (nSPS) is 12.7. The molecule has 1 unspecified atom stereocenters. The second-order valence-corrected chi connectivity index (χ2v) is 3.34. The Balaban J connectivity index is 2.94. The molecular weight excluding hydrogens is 194 g/mol. The minimum absolute atomic E-state index is 0.144. The molecule has 1 rings (SSSR count). The molecular formula is C10H17N3O2. The summed E-state index contributed by atoms with van der Waals surface area (Å²) >= 11 is 0. The number of hydrogen-bond acceptors (Lipinski definition) is 4. The smallest absolute Gasteiger partial charge is 0.255 e. The summed E-state index contributed by atoms with van der Waals surface area (Å²) < 4.78 is 5.24. The molecule has 0 bridgehead atoms. The Kier molecular flexibility index (Phi) is 4.45. The molecule has 0 aromatic carbocycles. The van der Waals surface area contributed by atoms with E-state index < -0.39 is 0 Å². The van der Waals surface area contributed by atoms with E-state index in [4.69, 9.17) is 10.5 Å². The summed E-state index contributed by atoms with van der Waals surface area (Å²) in [5, 5.41) is 0. The third kappa shape index (κ3) is 2.87. The van der Waals surface area contributed by atoms with E-state index >= 15 is 0 Å². The minimum atomic E-state index is -0.180. The Bertz CT molecular complexity index is 362. The monoisotopic (exact) mass is 211 g/mol. The summed E-state index contributed by atoms with van der Waals surface area (Å²) in [7, 11) is 1.61. The van der Waals surface area contributed by atoms with Gasteiger partial charge < -0.3 is 15.5 Å². The van der Waals surface area contributed by atoms with Crippen molar-refractivity contribution in [3.8, 4) is 0 Å². The Labute approximate surface area is 88.7 Å². The predicted molar refractivity (Wildman–Crippen MR) is 57.4 cm³/mol. The molecule has 1 heterocycles. The summed E-state index contributed by atoms with van der Waals surface area (Å²) in [5.41, 5.74) is 5.69. The van der Waals surface area contributed by atoms with Gasteiger partial charge in [-0.1, -0.05) is 13.3 Å². The van der Waals surface area contributed by atoms with E-state index in [2.05, 4.69) is 16.9 Å². The molecule has 5 nitrogen and oxygen atoms in total. The molecule has 5 heteroatoms. The van der Waals surface area contributed by atoms with Gasteiger partial charge in [-0.05, 0) is 6.42 Å². The molecule has 15 heavy (non-hydrogen) atoms. The van der Waals surface area contributed by atoms with Gasteiger partial charge in [-0.2, -0.15) is 0 Å². The molecule has 1 aromatic rings. The number of H-pyrrole nitrogens is 1. The van der Waals surface area contributed by atoms with Gasteiger partial charge in [-0.25, -0.2) is 4.98 Å². The largest absolute Gasteiger partial charge is 0.374 e. The third-order valence-corrected chi connectivity index (χ3v) is 2.25. The molecule has 1 atom stereocenters. The maximum atomic E-state index is 11.5. The van der Waals surface area contributed by atoms with E-state index in [9.17, 15) is 4.79 Å². The van der Waals surface area contributed by atoms with E-state index in [0.29, 0.717) is 11.4 Å². The lowest BCUT2D eigenvalue weighted by Crippen LogP contribution is -2.20. The van der Waals surface area contributed by atoms with Crippen molar-refractivity contribution in [3.05, 3.63) is 27.9 Å². The number of nitrogens with one attached hydrogen (secondary N) is 1. The zero-order valence-electron chi connectivity index (χ0n) is 9.12. The lowest BCUT2D eigenvalue weighted by atomic mass is 10.2. The molecule has 0 saturated carbocycles. The summed E-state index contributed by atoms with van der Waals surface area (Å²) in [6, 6.07) is 0. The first-order valence-electron chi connectivity index (χ1n) is 5.03. The first-order valence-corrected chi connectivity index (χ1v) is 5.03. The number of methoxy groups -OCH3 is 1. The van der Waals surface area contributed by atoms with Gasteiger partial charge in [0.05, 0.1) is 0 Å². The molecule has 0 aliphatic carbocycles. The van der Waals surface area contributed by atoms with Crippen molar-refractivity contribution < 1.29 is 4.74 Å². The first-order chi connectivity index (χ1) is 7.22. The van der Waals surface area contributed by atoms with Gasteiger partial charge in [0, 0.05) is 25.4 Å². The predicted octanol–water partition coefficient (Wildman–Crippen LogP) is 0.716. The van der Waals surface area contributed by atoms with Crippen LogP contribution in [-0.2, 0) is 11.3 Å². The highest BCUT2D eigenvalue weighted by atomic mass is 16.5. The van der Waals surface area contributed by atoms with Gasteiger partial charge in [0.15, 0.2) is 0 Å². The Hall–Kier alpha value is -1.20. The summed E-state index contributed by atoms with van der Waals surface area (Å²) in [6.45, 7) is 2.26. The number of rotatable bonds is 5. The second-order valence-electron chi connectivity index (χ2n) is 3.34. The van der Waals surface area contributed by atoms with Crippen molar-refractivity contribution in [1.29, 1.82) is 0 Å².